The number of halogens is 1. The number of fused-ring (bicyclic) bond motifs is 3. The fourth-order valence-electron chi connectivity index (χ4n) is 3.70. The molecule has 0 fully saturated rings. The van der Waals surface area contributed by atoms with Crippen LogP contribution in [0.3, 0.4) is 0 Å². The SMILES string of the molecule is O=C(O)C[C@H](NC(=O)OCC1c2ccccc2-c2ccccc21)c1ccc(Br)o1. The summed E-state index contributed by atoms with van der Waals surface area (Å²) in [4.78, 5) is 23.6. The van der Waals surface area contributed by atoms with Crippen LogP contribution < -0.4 is 5.32 Å². The van der Waals surface area contributed by atoms with Gasteiger partial charge in [-0.3, -0.25) is 4.79 Å². The minimum absolute atomic E-state index is 0.0659. The first-order valence-corrected chi connectivity index (χ1v) is 9.91. The molecule has 0 unspecified atom stereocenters. The minimum Gasteiger partial charge on any atom is -0.481 e. The average Bonchev–Trinajstić information content (AvgIpc) is 3.27. The van der Waals surface area contributed by atoms with E-state index in [1.54, 1.807) is 12.1 Å². The standard InChI is InChI=1S/C22H18BrNO5/c23-20-10-9-19(29-20)18(11-21(25)26)24-22(27)28-12-17-15-7-3-1-5-13(15)14-6-2-4-8-16(14)17/h1-10,17-18H,11-12H2,(H,24,27)(H,25,26)/t18-/m0/s1. The molecule has 0 saturated heterocycles. The van der Waals surface area contributed by atoms with Crippen LogP contribution in [0.2, 0.25) is 0 Å². The van der Waals surface area contributed by atoms with Gasteiger partial charge in [0.05, 0.1) is 6.42 Å². The molecule has 2 N–H and O–H groups in total. The maximum absolute atomic E-state index is 12.4. The lowest BCUT2D eigenvalue weighted by Crippen LogP contribution is -2.31. The zero-order valence-electron chi connectivity index (χ0n) is 15.3. The van der Waals surface area contributed by atoms with Gasteiger partial charge in [-0.15, -0.1) is 0 Å². The molecule has 1 aromatic heterocycles. The molecule has 0 radical (unpaired) electrons. The van der Waals surface area contributed by atoms with Gasteiger partial charge in [0.1, 0.15) is 18.4 Å². The predicted octanol–water partition coefficient (Wildman–Crippen LogP) is 5.10. The molecule has 0 saturated carbocycles. The van der Waals surface area contributed by atoms with Crippen molar-refractivity contribution >= 4 is 28.0 Å². The maximum Gasteiger partial charge on any atom is 0.407 e. The van der Waals surface area contributed by atoms with E-state index >= 15 is 0 Å². The molecule has 1 atom stereocenters. The summed E-state index contributed by atoms with van der Waals surface area (Å²) in [6, 6.07) is 18.5. The number of hydrogen-bond donors (Lipinski definition) is 2. The van der Waals surface area contributed by atoms with Crippen molar-refractivity contribution in [1.29, 1.82) is 0 Å². The quantitative estimate of drug-likeness (QED) is 0.539. The average molecular weight is 456 g/mol. The van der Waals surface area contributed by atoms with Crippen LogP contribution in [0.15, 0.2) is 69.8 Å². The summed E-state index contributed by atoms with van der Waals surface area (Å²) >= 11 is 3.18. The molecule has 1 aliphatic carbocycles. The van der Waals surface area contributed by atoms with Crippen molar-refractivity contribution in [2.24, 2.45) is 0 Å². The van der Waals surface area contributed by atoms with Crippen molar-refractivity contribution in [3.8, 4) is 11.1 Å². The van der Waals surface area contributed by atoms with Gasteiger partial charge in [0.25, 0.3) is 0 Å². The van der Waals surface area contributed by atoms with Gasteiger partial charge in [0.15, 0.2) is 4.67 Å². The van der Waals surface area contributed by atoms with Gasteiger partial charge in [-0.25, -0.2) is 4.79 Å². The number of ether oxygens (including phenoxy) is 1. The summed E-state index contributed by atoms with van der Waals surface area (Å²) in [5.41, 5.74) is 4.50. The van der Waals surface area contributed by atoms with Crippen LogP contribution in [0, 0.1) is 0 Å². The Morgan fingerprint density at radius 3 is 2.21 bits per heavy atom. The molecule has 0 bridgehead atoms. The monoisotopic (exact) mass is 455 g/mol. The topological polar surface area (TPSA) is 88.8 Å². The van der Waals surface area contributed by atoms with Crippen LogP contribution in [-0.4, -0.2) is 23.8 Å². The van der Waals surface area contributed by atoms with Crippen LogP contribution in [0.1, 0.15) is 35.3 Å². The Labute approximate surface area is 175 Å². The molecule has 3 aromatic rings. The Balaban J connectivity index is 1.47. The Hall–Kier alpha value is -3.06. The molecule has 1 heterocycles. The number of carbonyl (C=O) groups is 2. The molecular formula is C22H18BrNO5. The zero-order chi connectivity index (χ0) is 20.4. The summed E-state index contributed by atoms with van der Waals surface area (Å²) in [5.74, 6) is -0.780. The molecule has 4 rings (SSSR count). The molecule has 148 valence electrons. The first-order valence-electron chi connectivity index (χ1n) is 9.11. The second kappa shape index (κ2) is 8.13. The summed E-state index contributed by atoms with van der Waals surface area (Å²) in [5, 5.41) is 11.7. The fourth-order valence-corrected chi connectivity index (χ4v) is 4.01. The summed E-state index contributed by atoms with van der Waals surface area (Å²) < 4.78 is 11.3. The smallest absolute Gasteiger partial charge is 0.407 e. The van der Waals surface area contributed by atoms with Crippen molar-refractivity contribution in [3.05, 3.63) is 82.2 Å². The zero-order valence-corrected chi connectivity index (χ0v) is 16.9. The first-order chi connectivity index (χ1) is 14.0. The van der Waals surface area contributed by atoms with Gasteiger partial charge in [0.2, 0.25) is 0 Å². The number of hydrogen-bond acceptors (Lipinski definition) is 4. The number of benzene rings is 2. The number of aliphatic carboxylic acids is 1. The van der Waals surface area contributed by atoms with Gasteiger partial charge in [-0.05, 0) is 50.3 Å². The van der Waals surface area contributed by atoms with E-state index in [0.717, 1.165) is 22.3 Å². The van der Waals surface area contributed by atoms with Gasteiger partial charge < -0.3 is 19.6 Å². The van der Waals surface area contributed by atoms with E-state index in [0.29, 0.717) is 10.4 Å². The van der Waals surface area contributed by atoms with Crippen LogP contribution in [-0.2, 0) is 9.53 Å². The second-order valence-electron chi connectivity index (χ2n) is 6.76. The highest BCUT2D eigenvalue weighted by atomic mass is 79.9. The van der Waals surface area contributed by atoms with Crippen molar-refractivity contribution in [2.45, 2.75) is 18.4 Å². The molecule has 2 aromatic carbocycles. The predicted molar refractivity (Wildman–Crippen MR) is 110 cm³/mol. The highest BCUT2D eigenvalue weighted by Crippen LogP contribution is 2.44. The molecule has 7 heteroatoms. The lowest BCUT2D eigenvalue weighted by Gasteiger charge is -2.17. The lowest BCUT2D eigenvalue weighted by molar-refractivity contribution is -0.137. The third-order valence-electron chi connectivity index (χ3n) is 4.95. The summed E-state index contributed by atoms with van der Waals surface area (Å²) in [7, 11) is 0. The van der Waals surface area contributed by atoms with E-state index in [9.17, 15) is 9.59 Å². The molecule has 6 nitrogen and oxygen atoms in total. The van der Waals surface area contributed by atoms with Gasteiger partial charge >= 0.3 is 12.1 Å². The largest absolute Gasteiger partial charge is 0.481 e. The number of amides is 1. The Morgan fingerprint density at radius 1 is 1.03 bits per heavy atom. The van der Waals surface area contributed by atoms with E-state index in [1.165, 1.54) is 0 Å². The number of carboxylic acid groups (broad SMARTS) is 1. The van der Waals surface area contributed by atoms with Crippen LogP contribution in [0.5, 0.6) is 0 Å². The van der Waals surface area contributed by atoms with E-state index in [-0.39, 0.29) is 18.9 Å². The molecule has 0 aliphatic heterocycles. The Bertz CT molecular complexity index is 1020. The van der Waals surface area contributed by atoms with E-state index < -0.39 is 18.1 Å². The molecule has 1 aliphatic rings. The van der Waals surface area contributed by atoms with Crippen LogP contribution >= 0.6 is 15.9 Å². The van der Waals surface area contributed by atoms with E-state index in [1.807, 2.05) is 36.4 Å². The van der Waals surface area contributed by atoms with Crippen molar-refractivity contribution < 1.29 is 23.8 Å². The third-order valence-corrected chi connectivity index (χ3v) is 5.38. The van der Waals surface area contributed by atoms with Crippen molar-refractivity contribution in [1.82, 2.24) is 5.32 Å². The van der Waals surface area contributed by atoms with E-state index in [2.05, 4.69) is 33.4 Å². The number of alkyl carbamates (subject to hydrolysis) is 1. The number of furan rings is 1. The molecule has 1 amide bonds. The fraction of sp³-hybridized carbons (Fsp3) is 0.182. The highest BCUT2D eigenvalue weighted by molar-refractivity contribution is 9.10. The molecule has 29 heavy (non-hydrogen) atoms. The summed E-state index contributed by atoms with van der Waals surface area (Å²) in [6.07, 6.45) is -1.00. The number of nitrogens with one attached hydrogen (secondary N) is 1. The number of carbonyl (C=O) groups excluding carboxylic acids is 1. The van der Waals surface area contributed by atoms with Crippen LogP contribution in [0.4, 0.5) is 4.79 Å². The normalized spacial score (nSPS) is 13.4. The second-order valence-corrected chi connectivity index (χ2v) is 7.54. The summed E-state index contributed by atoms with van der Waals surface area (Å²) in [6.45, 7) is 0.154. The lowest BCUT2D eigenvalue weighted by atomic mass is 9.98. The van der Waals surface area contributed by atoms with Gasteiger partial charge in [0, 0.05) is 5.92 Å². The Kier molecular flexibility index (Phi) is 5.40. The third kappa shape index (κ3) is 4.05. The van der Waals surface area contributed by atoms with Crippen molar-refractivity contribution in [3.63, 3.8) is 0 Å². The first kappa shape index (κ1) is 19.3. The Morgan fingerprint density at radius 2 is 1.66 bits per heavy atom. The van der Waals surface area contributed by atoms with Crippen LogP contribution in [0.25, 0.3) is 11.1 Å². The highest BCUT2D eigenvalue weighted by Gasteiger charge is 2.29. The van der Waals surface area contributed by atoms with Gasteiger partial charge in [-0.1, -0.05) is 48.5 Å². The number of rotatable bonds is 6. The molecule has 0 spiro atoms. The van der Waals surface area contributed by atoms with Crippen molar-refractivity contribution in [2.75, 3.05) is 6.61 Å². The number of carboxylic acids is 1. The van der Waals surface area contributed by atoms with E-state index in [4.69, 9.17) is 14.3 Å². The molecular weight excluding hydrogens is 438 g/mol. The van der Waals surface area contributed by atoms with Gasteiger partial charge in [-0.2, -0.15) is 0 Å². The minimum atomic E-state index is -1.05. The maximum atomic E-state index is 12.4.